The van der Waals surface area contributed by atoms with Crippen LogP contribution in [0.15, 0.2) is 24.3 Å². The lowest BCUT2D eigenvalue weighted by Crippen LogP contribution is -2.49. The third-order valence-electron chi connectivity index (χ3n) is 5.00. The molecule has 0 aromatic heterocycles. The molecule has 1 aromatic carbocycles. The number of rotatable bonds is 5. The summed E-state index contributed by atoms with van der Waals surface area (Å²) in [5, 5.41) is 10.9. The van der Waals surface area contributed by atoms with E-state index in [1.54, 1.807) is 12.1 Å². The second-order valence-electron chi connectivity index (χ2n) is 7.26. The van der Waals surface area contributed by atoms with Crippen LogP contribution in [0.4, 0.5) is 4.39 Å². The maximum absolute atomic E-state index is 13.0. The number of nitrogens with zero attached hydrogens (tertiary/aromatic N) is 1. The van der Waals surface area contributed by atoms with E-state index in [9.17, 15) is 9.50 Å². The summed E-state index contributed by atoms with van der Waals surface area (Å²) in [4.78, 5) is 2.32. The van der Waals surface area contributed by atoms with E-state index in [0.717, 1.165) is 19.0 Å². The Kier molecular flexibility index (Phi) is 6.09. The van der Waals surface area contributed by atoms with Crippen LogP contribution in [0.5, 0.6) is 5.75 Å². The second kappa shape index (κ2) is 8.28. The van der Waals surface area contributed by atoms with Crippen LogP contribution in [0.3, 0.4) is 0 Å². The van der Waals surface area contributed by atoms with E-state index in [1.807, 2.05) is 0 Å². The lowest BCUT2D eigenvalue weighted by atomic mass is 9.88. The Morgan fingerprint density at radius 2 is 1.96 bits per heavy atom. The van der Waals surface area contributed by atoms with E-state index in [2.05, 4.69) is 4.90 Å². The zero-order valence-corrected chi connectivity index (χ0v) is 14.3. The summed E-state index contributed by atoms with van der Waals surface area (Å²) in [5.74, 6) is 1.00. The van der Waals surface area contributed by atoms with Gasteiger partial charge in [-0.2, -0.15) is 0 Å². The first-order chi connectivity index (χ1) is 11.6. The van der Waals surface area contributed by atoms with E-state index in [0.29, 0.717) is 18.9 Å². The van der Waals surface area contributed by atoms with Gasteiger partial charge in [-0.3, -0.25) is 4.90 Å². The second-order valence-corrected chi connectivity index (χ2v) is 7.26. The topological polar surface area (TPSA) is 41.9 Å². The molecule has 1 aliphatic heterocycles. The Bertz CT molecular complexity index is 504. The van der Waals surface area contributed by atoms with Gasteiger partial charge >= 0.3 is 0 Å². The minimum atomic E-state index is -1.03. The first kappa shape index (κ1) is 17.6. The lowest BCUT2D eigenvalue weighted by Gasteiger charge is -2.33. The van der Waals surface area contributed by atoms with E-state index < -0.39 is 5.60 Å². The molecular formula is C19H28FNO3. The van der Waals surface area contributed by atoms with Gasteiger partial charge in [-0.25, -0.2) is 4.39 Å². The molecule has 1 unspecified atom stereocenters. The van der Waals surface area contributed by atoms with E-state index in [-0.39, 0.29) is 19.0 Å². The summed E-state index contributed by atoms with van der Waals surface area (Å²) < 4.78 is 24.2. The van der Waals surface area contributed by atoms with Gasteiger partial charge < -0.3 is 14.6 Å². The third-order valence-corrected chi connectivity index (χ3v) is 5.00. The van der Waals surface area contributed by atoms with Crippen LogP contribution in [-0.2, 0) is 4.74 Å². The number of benzene rings is 1. The number of aliphatic hydroxyl groups is 1. The number of halogens is 1. The number of hydrogen-bond donors (Lipinski definition) is 1. The molecule has 0 spiro atoms. The zero-order chi connectivity index (χ0) is 16.8. The molecule has 0 bridgehead atoms. The smallest absolute Gasteiger partial charge is 0.134 e. The summed E-state index contributed by atoms with van der Waals surface area (Å²) in [5.41, 5.74) is -1.03. The molecule has 24 heavy (non-hydrogen) atoms. The van der Waals surface area contributed by atoms with Crippen LogP contribution in [0.25, 0.3) is 0 Å². The van der Waals surface area contributed by atoms with Gasteiger partial charge in [0.05, 0.1) is 13.2 Å². The molecule has 1 saturated heterocycles. The summed E-state index contributed by atoms with van der Waals surface area (Å²) in [6.07, 6.45) is 6.60. The Balaban J connectivity index is 1.54. The monoisotopic (exact) mass is 337 g/mol. The molecule has 1 heterocycles. The van der Waals surface area contributed by atoms with Gasteiger partial charge in [-0.05, 0) is 43.0 Å². The van der Waals surface area contributed by atoms with Crippen molar-refractivity contribution in [2.75, 3.05) is 39.5 Å². The Hall–Kier alpha value is -1.17. The highest BCUT2D eigenvalue weighted by Crippen LogP contribution is 2.25. The SMILES string of the molecule is OC1(COc2ccc(F)cc2)COCCN(CC2CCCCC2)C1. The van der Waals surface area contributed by atoms with Gasteiger partial charge in [0.2, 0.25) is 0 Å². The predicted octanol–water partition coefficient (Wildman–Crippen LogP) is 2.85. The zero-order valence-electron chi connectivity index (χ0n) is 14.3. The van der Waals surface area contributed by atoms with Crippen molar-refractivity contribution in [2.45, 2.75) is 37.7 Å². The van der Waals surface area contributed by atoms with Crippen molar-refractivity contribution in [3.05, 3.63) is 30.1 Å². The van der Waals surface area contributed by atoms with Gasteiger partial charge in [0.1, 0.15) is 23.8 Å². The molecule has 2 fully saturated rings. The highest BCUT2D eigenvalue weighted by molar-refractivity contribution is 5.22. The summed E-state index contributed by atoms with van der Waals surface area (Å²) in [6.45, 7) is 3.52. The van der Waals surface area contributed by atoms with Gasteiger partial charge in [-0.1, -0.05) is 19.3 Å². The maximum Gasteiger partial charge on any atom is 0.134 e. The van der Waals surface area contributed by atoms with Gasteiger partial charge in [0.25, 0.3) is 0 Å². The van der Waals surface area contributed by atoms with E-state index in [1.165, 1.54) is 44.2 Å². The highest BCUT2D eigenvalue weighted by Gasteiger charge is 2.34. The fourth-order valence-electron chi connectivity index (χ4n) is 3.72. The molecular weight excluding hydrogens is 309 g/mol. The van der Waals surface area contributed by atoms with Crippen molar-refractivity contribution < 1.29 is 19.0 Å². The molecule has 3 rings (SSSR count). The molecule has 1 saturated carbocycles. The summed E-state index contributed by atoms with van der Waals surface area (Å²) in [6, 6.07) is 5.88. The normalized spacial score (nSPS) is 26.9. The lowest BCUT2D eigenvalue weighted by molar-refractivity contribution is -0.0651. The van der Waals surface area contributed by atoms with Crippen LogP contribution in [0.1, 0.15) is 32.1 Å². The van der Waals surface area contributed by atoms with Gasteiger partial charge in [0, 0.05) is 19.6 Å². The average Bonchev–Trinajstić information content (AvgIpc) is 2.77. The molecule has 1 N–H and O–H groups in total. The van der Waals surface area contributed by atoms with Crippen LogP contribution >= 0.6 is 0 Å². The van der Waals surface area contributed by atoms with Crippen molar-refractivity contribution in [1.29, 1.82) is 0 Å². The number of β-amino-alcohol motifs (C(OH)–C–C–N with tert-alkyl or cyclic N) is 1. The molecule has 4 nitrogen and oxygen atoms in total. The Morgan fingerprint density at radius 1 is 1.21 bits per heavy atom. The van der Waals surface area contributed by atoms with Crippen molar-refractivity contribution in [2.24, 2.45) is 5.92 Å². The molecule has 0 radical (unpaired) electrons. The fraction of sp³-hybridized carbons (Fsp3) is 0.684. The van der Waals surface area contributed by atoms with Crippen molar-refractivity contribution in [1.82, 2.24) is 4.90 Å². The molecule has 1 aliphatic carbocycles. The number of hydrogen-bond acceptors (Lipinski definition) is 4. The van der Waals surface area contributed by atoms with Crippen molar-refractivity contribution in [3.8, 4) is 5.75 Å². The molecule has 1 atom stereocenters. The van der Waals surface area contributed by atoms with Gasteiger partial charge in [-0.15, -0.1) is 0 Å². The van der Waals surface area contributed by atoms with Crippen LogP contribution in [0.2, 0.25) is 0 Å². The third kappa shape index (κ3) is 5.16. The van der Waals surface area contributed by atoms with Crippen LogP contribution < -0.4 is 4.74 Å². The average molecular weight is 337 g/mol. The fourth-order valence-corrected chi connectivity index (χ4v) is 3.72. The van der Waals surface area contributed by atoms with Crippen molar-refractivity contribution in [3.63, 3.8) is 0 Å². The Labute approximate surface area is 143 Å². The first-order valence-electron chi connectivity index (χ1n) is 9.04. The van der Waals surface area contributed by atoms with Gasteiger partial charge in [0.15, 0.2) is 0 Å². The molecule has 134 valence electrons. The maximum atomic E-state index is 13.0. The minimum Gasteiger partial charge on any atom is -0.490 e. The van der Waals surface area contributed by atoms with E-state index >= 15 is 0 Å². The largest absolute Gasteiger partial charge is 0.490 e. The molecule has 0 amide bonds. The summed E-state index contributed by atoms with van der Waals surface area (Å²) >= 11 is 0. The predicted molar refractivity (Wildman–Crippen MR) is 90.7 cm³/mol. The molecule has 1 aromatic rings. The highest BCUT2D eigenvalue weighted by atomic mass is 19.1. The van der Waals surface area contributed by atoms with Crippen LogP contribution in [-0.4, -0.2) is 55.1 Å². The first-order valence-corrected chi connectivity index (χ1v) is 9.04. The number of ether oxygens (including phenoxy) is 2. The molecule has 2 aliphatic rings. The Morgan fingerprint density at radius 3 is 2.71 bits per heavy atom. The van der Waals surface area contributed by atoms with Crippen molar-refractivity contribution >= 4 is 0 Å². The summed E-state index contributed by atoms with van der Waals surface area (Å²) in [7, 11) is 0. The standard InChI is InChI=1S/C19H28FNO3/c20-17-6-8-18(9-7-17)24-15-19(22)13-21(10-11-23-14-19)12-16-4-2-1-3-5-16/h6-9,16,22H,1-5,10-15H2. The molecule has 5 heteroatoms. The van der Waals surface area contributed by atoms with Crippen LogP contribution in [0, 0.1) is 11.7 Å². The minimum absolute atomic E-state index is 0.153. The quantitative estimate of drug-likeness (QED) is 0.897. The van der Waals surface area contributed by atoms with E-state index in [4.69, 9.17) is 9.47 Å².